The first-order valence-corrected chi connectivity index (χ1v) is 11.7. The van der Waals surface area contributed by atoms with Gasteiger partial charge in [0, 0.05) is 29.6 Å². The summed E-state index contributed by atoms with van der Waals surface area (Å²) >= 11 is 0. The molecule has 0 spiro atoms. The molecule has 1 aliphatic carbocycles. The SMILES string of the molecule is C=C1[C@H](CO[P+](=O)O[C@H](CCO)c2cc(F)cc(F)c2)[C@@H](O)C[C@@H]1n1cnc2c(=O)[nH]c(N)nc21. The lowest BCUT2D eigenvalue weighted by molar-refractivity contribution is 0.0918. The Morgan fingerprint density at radius 3 is 2.74 bits per heavy atom. The first-order chi connectivity index (χ1) is 16.7. The summed E-state index contributed by atoms with van der Waals surface area (Å²) < 4.78 is 51.8. The number of benzene rings is 1. The fourth-order valence-electron chi connectivity index (χ4n) is 4.15. The van der Waals surface area contributed by atoms with Crippen molar-refractivity contribution in [1.82, 2.24) is 19.5 Å². The van der Waals surface area contributed by atoms with Crippen molar-refractivity contribution in [2.24, 2.45) is 5.92 Å². The number of hydrogen-bond donors (Lipinski definition) is 4. The number of hydrogen-bond acceptors (Lipinski definition) is 9. The van der Waals surface area contributed by atoms with Gasteiger partial charge in [0.1, 0.15) is 24.3 Å². The molecule has 11 nitrogen and oxygen atoms in total. The molecule has 35 heavy (non-hydrogen) atoms. The highest BCUT2D eigenvalue weighted by molar-refractivity contribution is 7.33. The Balaban J connectivity index is 1.44. The van der Waals surface area contributed by atoms with Gasteiger partial charge in [-0.15, -0.1) is 9.05 Å². The van der Waals surface area contributed by atoms with Gasteiger partial charge in [0.2, 0.25) is 5.95 Å². The number of rotatable bonds is 9. The van der Waals surface area contributed by atoms with Crippen LogP contribution >= 0.6 is 8.25 Å². The summed E-state index contributed by atoms with van der Waals surface area (Å²) in [4.78, 5) is 22.6. The third-order valence-electron chi connectivity index (χ3n) is 5.84. The second-order valence-corrected chi connectivity index (χ2v) is 9.02. The highest BCUT2D eigenvalue weighted by Crippen LogP contribution is 2.43. The van der Waals surface area contributed by atoms with E-state index in [9.17, 15) is 28.4 Å². The Kier molecular flexibility index (Phi) is 7.33. The molecule has 3 aromatic rings. The summed E-state index contributed by atoms with van der Waals surface area (Å²) in [7, 11) is -2.78. The Bertz CT molecular complexity index is 1310. The largest absolute Gasteiger partial charge is 0.698 e. The lowest BCUT2D eigenvalue weighted by Gasteiger charge is -2.16. The molecule has 4 rings (SSSR count). The van der Waals surface area contributed by atoms with Crippen molar-refractivity contribution in [3.8, 4) is 0 Å². The number of aromatic nitrogens is 4. The molecule has 1 aliphatic rings. The average Bonchev–Trinajstić information content (AvgIpc) is 3.31. The molecule has 5 atom stereocenters. The summed E-state index contributed by atoms with van der Waals surface area (Å²) in [5.41, 5.74) is 6.04. The maximum Gasteiger partial charge on any atom is 0.698 e. The van der Waals surface area contributed by atoms with Crippen LogP contribution in [-0.4, -0.2) is 49.0 Å². The minimum atomic E-state index is -2.78. The zero-order valence-electron chi connectivity index (χ0n) is 18.3. The van der Waals surface area contributed by atoms with Crippen LogP contribution in [0.4, 0.5) is 14.7 Å². The van der Waals surface area contributed by atoms with E-state index in [0.29, 0.717) is 11.6 Å². The van der Waals surface area contributed by atoms with E-state index in [1.807, 2.05) is 0 Å². The number of anilines is 1. The maximum absolute atomic E-state index is 13.6. The molecule has 14 heteroatoms. The van der Waals surface area contributed by atoms with E-state index in [2.05, 4.69) is 21.5 Å². The van der Waals surface area contributed by atoms with Crippen molar-refractivity contribution >= 4 is 25.4 Å². The van der Waals surface area contributed by atoms with Gasteiger partial charge in [0.25, 0.3) is 5.56 Å². The molecular weight excluding hydrogens is 487 g/mol. The fourth-order valence-corrected chi connectivity index (χ4v) is 4.93. The molecule has 0 radical (unpaired) electrons. The van der Waals surface area contributed by atoms with E-state index in [1.165, 1.54) is 6.33 Å². The first kappa shape index (κ1) is 25.0. The zero-order valence-corrected chi connectivity index (χ0v) is 19.2. The lowest BCUT2D eigenvalue weighted by Crippen LogP contribution is -2.19. The second-order valence-electron chi connectivity index (χ2n) is 8.10. The average molecular weight is 510 g/mol. The highest BCUT2D eigenvalue weighted by Gasteiger charge is 2.41. The molecule has 2 aromatic heterocycles. The normalized spacial score (nSPS) is 21.5. The predicted molar refractivity (Wildman–Crippen MR) is 120 cm³/mol. The van der Waals surface area contributed by atoms with Crippen LogP contribution in [-0.2, 0) is 13.6 Å². The third kappa shape index (κ3) is 5.29. The van der Waals surface area contributed by atoms with E-state index in [4.69, 9.17) is 14.8 Å². The van der Waals surface area contributed by atoms with Crippen molar-refractivity contribution in [3.63, 3.8) is 0 Å². The van der Waals surface area contributed by atoms with Crippen LogP contribution in [0.2, 0.25) is 0 Å². The van der Waals surface area contributed by atoms with Gasteiger partial charge < -0.3 is 20.5 Å². The topological polar surface area (TPSA) is 166 Å². The monoisotopic (exact) mass is 510 g/mol. The van der Waals surface area contributed by atoms with E-state index in [0.717, 1.165) is 12.1 Å². The van der Waals surface area contributed by atoms with Gasteiger partial charge in [-0.2, -0.15) is 4.98 Å². The summed E-state index contributed by atoms with van der Waals surface area (Å²) in [6.07, 6.45) is -0.459. The number of nitrogens with two attached hydrogens (primary N) is 1. The minimum absolute atomic E-state index is 0.0580. The number of aliphatic hydroxyl groups is 2. The lowest BCUT2D eigenvalue weighted by atomic mass is 10.0. The van der Waals surface area contributed by atoms with Crippen LogP contribution < -0.4 is 11.3 Å². The maximum atomic E-state index is 13.6. The Hall–Kier alpha value is -3.09. The van der Waals surface area contributed by atoms with Crippen LogP contribution in [0.3, 0.4) is 0 Å². The summed E-state index contributed by atoms with van der Waals surface area (Å²) in [5.74, 6) is -2.41. The van der Waals surface area contributed by atoms with Crippen LogP contribution in [0.25, 0.3) is 11.2 Å². The van der Waals surface area contributed by atoms with Crippen LogP contribution in [0.5, 0.6) is 0 Å². The Morgan fingerprint density at radius 2 is 2.06 bits per heavy atom. The Morgan fingerprint density at radius 1 is 1.34 bits per heavy atom. The van der Waals surface area contributed by atoms with Crippen molar-refractivity contribution in [2.45, 2.75) is 31.1 Å². The van der Waals surface area contributed by atoms with E-state index in [-0.39, 0.29) is 48.7 Å². The quantitative estimate of drug-likeness (QED) is 0.250. The molecular formula is C21H23F2N5O6P+. The number of nitrogens with one attached hydrogen (secondary N) is 1. The van der Waals surface area contributed by atoms with Gasteiger partial charge in [0.15, 0.2) is 11.2 Å². The molecule has 186 valence electrons. The summed E-state index contributed by atoms with van der Waals surface area (Å²) in [5, 5.41) is 19.8. The van der Waals surface area contributed by atoms with Gasteiger partial charge in [-0.1, -0.05) is 6.58 Å². The van der Waals surface area contributed by atoms with Crippen LogP contribution in [0.15, 0.2) is 41.5 Å². The molecule has 1 unspecified atom stereocenters. The fraction of sp³-hybridized carbons (Fsp3) is 0.381. The van der Waals surface area contributed by atoms with Gasteiger partial charge in [-0.25, -0.2) is 13.8 Å². The number of H-pyrrole nitrogens is 1. The smallest absolute Gasteiger partial charge is 0.396 e. The van der Waals surface area contributed by atoms with Crippen molar-refractivity contribution in [3.05, 3.63) is 64.2 Å². The molecule has 0 amide bonds. The number of imidazole rings is 1. The van der Waals surface area contributed by atoms with Gasteiger partial charge >= 0.3 is 8.25 Å². The molecule has 0 saturated heterocycles. The molecule has 1 aromatic carbocycles. The van der Waals surface area contributed by atoms with Crippen molar-refractivity contribution < 1.29 is 32.6 Å². The molecule has 5 N–H and O–H groups in total. The predicted octanol–water partition coefficient (Wildman–Crippen LogP) is 2.27. The molecule has 0 bridgehead atoms. The molecule has 1 fully saturated rings. The standard InChI is InChI=1S/C21H22F2N5O6P/c1-10-14(8-33-35(32)34-17(2-3-29)11-4-12(22)6-13(23)5-11)16(30)7-15(10)28-9-25-18-19(28)26-21(24)27-20(18)31/h4-6,9,14-17,29-30H,1-3,7-8H2,(H2-,24,26,27,31)/p+1/t14-,15-,16-,17+/m0/s1. The number of nitrogen functional groups attached to an aromatic ring is 1. The minimum Gasteiger partial charge on any atom is -0.396 e. The molecule has 0 aliphatic heterocycles. The molecule has 1 saturated carbocycles. The number of aliphatic hydroxyl groups excluding tert-OH is 2. The second kappa shape index (κ2) is 10.3. The number of aromatic amines is 1. The zero-order chi connectivity index (χ0) is 25.3. The number of fused-ring (bicyclic) bond motifs is 1. The Labute approximate surface area is 198 Å². The first-order valence-electron chi connectivity index (χ1n) is 10.6. The number of nitrogens with zero attached hydrogens (tertiary/aromatic N) is 3. The van der Waals surface area contributed by atoms with Crippen molar-refractivity contribution in [2.75, 3.05) is 18.9 Å². The van der Waals surface area contributed by atoms with Crippen LogP contribution in [0.1, 0.15) is 30.6 Å². The van der Waals surface area contributed by atoms with Gasteiger partial charge in [-0.3, -0.25) is 9.78 Å². The van der Waals surface area contributed by atoms with E-state index < -0.39 is 49.6 Å². The van der Waals surface area contributed by atoms with Gasteiger partial charge in [0.05, 0.1) is 18.5 Å². The third-order valence-corrected chi connectivity index (χ3v) is 6.63. The highest BCUT2D eigenvalue weighted by atomic mass is 31.1. The number of halogens is 2. The van der Waals surface area contributed by atoms with E-state index in [1.54, 1.807) is 4.57 Å². The van der Waals surface area contributed by atoms with Crippen molar-refractivity contribution in [1.29, 1.82) is 0 Å². The summed E-state index contributed by atoms with van der Waals surface area (Å²) in [6, 6.07) is 2.24. The summed E-state index contributed by atoms with van der Waals surface area (Å²) in [6.45, 7) is 3.42. The van der Waals surface area contributed by atoms with Gasteiger partial charge in [-0.05, 0) is 29.7 Å². The van der Waals surface area contributed by atoms with E-state index >= 15 is 0 Å². The molecule has 2 heterocycles. The van der Waals surface area contributed by atoms with Crippen LogP contribution in [0, 0.1) is 17.6 Å².